The molecule has 130 valence electrons. The van der Waals surface area contributed by atoms with Crippen molar-refractivity contribution in [3.8, 4) is 0 Å². The molecular formula is C14H15F3N4OS2. The van der Waals surface area contributed by atoms with Gasteiger partial charge in [0.2, 0.25) is 11.0 Å². The molecule has 0 aliphatic rings. The van der Waals surface area contributed by atoms with Gasteiger partial charge in [0.15, 0.2) is 4.34 Å². The first kappa shape index (κ1) is 18.5. The minimum atomic E-state index is -4.46. The minimum Gasteiger partial charge on any atom is -0.348 e. The molecule has 0 unspecified atom stereocenters. The van der Waals surface area contributed by atoms with Gasteiger partial charge in [0.1, 0.15) is 0 Å². The number of hydrogen-bond acceptors (Lipinski definition) is 6. The van der Waals surface area contributed by atoms with E-state index >= 15 is 0 Å². The average molecular weight is 376 g/mol. The highest BCUT2D eigenvalue weighted by molar-refractivity contribution is 8.02. The molecule has 1 heterocycles. The molecule has 2 rings (SSSR count). The Bertz CT molecular complexity index is 718. The Labute approximate surface area is 145 Å². The number of carbonyl (C=O) groups excluding carboxylic acids is 1. The molecule has 1 aromatic carbocycles. The Balaban J connectivity index is 2.12. The van der Waals surface area contributed by atoms with Crippen LogP contribution in [-0.2, 0) is 11.0 Å². The number of amides is 1. The molecule has 1 atom stereocenters. The van der Waals surface area contributed by atoms with Crippen LogP contribution in [0.5, 0.6) is 0 Å². The van der Waals surface area contributed by atoms with E-state index in [9.17, 15) is 18.0 Å². The van der Waals surface area contributed by atoms with E-state index in [1.54, 1.807) is 21.0 Å². The maximum absolute atomic E-state index is 13.0. The van der Waals surface area contributed by atoms with Crippen molar-refractivity contribution in [3.05, 3.63) is 29.8 Å². The third kappa shape index (κ3) is 4.60. The molecule has 2 aromatic rings. The number of carbonyl (C=O) groups is 1. The third-order valence-electron chi connectivity index (χ3n) is 2.95. The SMILES string of the molecule is C[C@H](Sc1nnc(Nc2ccccc2C(F)(F)F)s1)C(=O)N(C)C. The summed E-state index contributed by atoms with van der Waals surface area (Å²) < 4.78 is 39.4. The molecule has 5 nitrogen and oxygen atoms in total. The lowest BCUT2D eigenvalue weighted by molar-refractivity contribution is -0.137. The van der Waals surface area contributed by atoms with Crippen LogP contribution >= 0.6 is 23.1 Å². The van der Waals surface area contributed by atoms with Gasteiger partial charge in [0, 0.05) is 14.1 Å². The molecule has 24 heavy (non-hydrogen) atoms. The van der Waals surface area contributed by atoms with Gasteiger partial charge in [-0.1, -0.05) is 35.2 Å². The maximum Gasteiger partial charge on any atom is 0.418 e. The van der Waals surface area contributed by atoms with Crippen molar-refractivity contribution < 1.29 is 18.0 Å². The van der Waals surface area contributed by atoms with Crippen LogP contribution in [-0.4, -0.2) is 40.3 Å². The van der Waals surface area contributed by atoms with Crippen LogP contribution in [0.3, 0.4) is 0 Å². The van der Waals surface area contributed by atoms with Gasteiger partial charge in [-0.25, -0.2) is 0 Å². The molecule has 0 saturated carbocycles. The molecule has 1 N–H and O–H groups in total. The fourth-order valence-corrected chi connectivity index (χ4v) is 3.88. The maximum atomic E-state index is 13.0. The molecule has 10 heteroatoms. The first-order chi connectivity index (χ1) is 11.2. The van der Waals surface area contributed by atoms with Crippen molar-refractivity contribution in [1.29, 1.82) is 0 Å². The number of benzene rings is 1. The largest absolute Gasteiger partial charge is 0.418 e. The summed E-state index contributed by atoms with van der Waals surface area (Å²) >= 11 is 2.31. The number of nitrogens with zero attached hydrogens (tertiary/aromatic N) is 3. The number of halogens is 3. The van der Waals surface area contributed by atoms with Crippen LogP contribution in [0, 0.1) is 0 Å². The van der Waals surface area contributed by atoms with Gasteiger partial charge in [-0.3, -0.25) is 4.79 Å². The monoisotopic (exact) mass is 376 g/mol. The van der Waals surface area contributed by atoms with E-state index in [0.29, 0.717) is 4.34 Å². The molecule has 0 spiro atoms. The molecule has 0 fully saturated rings. The van der Waals surface area contributed by atoms with E-state index < -0.39 is 11.7 Å². The quantitative estimate of drug-likeness (QED) is 0.803. The van der Waals surface area contributed by atoms with E-state index in [1.807, 2.05) is 0 Å². The molecule has 0 radical (unpaired) electrons. The van der Waals surface area contributed by atoms with Crippen molar-refractivity contribution in [2.45, 2.75) is 22.7 Å². The normalized spacial score (nSPS) is 12.8. The van der Waals surface area contributed by atoms with Gasteiger partial charge >= 0.3 is 6.18 Å². The van der Waals surface area contributed by atoms with Gasteiger partial charge in [0.05, 0.1) is 16.5 Å². The smallest absolute Gasteiger partial charge is 0.348 e. The number of nitrogens with one attached hydrogen (secondary N) is 1. The lowest BCUT2D eigenvalue weighted by Crippen LogP contribution is -2.29. The summed E-state index contributed by atoms with van der Waals surface area (Å²) in [6.07, 6.45) is -4.46. The molecule has 0 bridgehead atoms. The van der Waals surface area contributed by atoms with E-state index in [-0.39, 0.29) is 22.0 Å². The van der Waals surface area contributed by atoms with E-state index in [4.69, 9.17) is 0 Å². The van der Waals surface area contributed by atoms with Gasteiger partial charge in [-0.2, -0.15) is 13.2 Å². The number of anilines is 2. The zero-order valence-electron chi connectivity index (χ0n) is 13.1. The topological polar surface area (TPSA) is 58.1 Å². The molecule has 1 aromatic heterocycles. The molecule has 0 saturated heterocycles. The fraction of sp³-hybridized carbons (Fsp3) is 0.357. The Kier molecular flexibility index (Phi) is 5.70. The van der Waals surface area contributed by atoms with Crippen LogP contribution in [0.1, 0.15) is 12.5 Å². The van der Waals surface area contributed by atoms with E-state index in [1.165, 1.54) is 34.9 Å². The molecule has 1 amide bonds. The minimum absolute atomic E-state index is 0.0767. The van der Waals surface area contributed by atoms with Crippen LogP contribution in [0.25, 0.3) is 0 Å². The second kappa shape index (κ2) is 7.39. The van der Waals surface area contributed by atoms with Crippen molar-refractivity contribution in [2.75, 3.05) is 19.4 Å². The van der Waals surface area contributed by atoms with Gasteiger partial charge in [-0.15, -0.1) is 10.2 Å². The highest BCUT2D eigenvalue weighted by Crippen LogP contribution is 2.37. The van der Waals surface area contributed by atoms with E-state index in [2.05, 4.69) is 15.5 Å². The van der Waals surface area contributed by atoms with Crippen LogP contribution < -0.4 is 5.32 Å². The Morgan fingerprint density at radius 1 is 1.29 bits per heavy atom. The number of alkyl halides is 3. The van der Waals surface area contributed by atoms with E-state index in [0.717, 1.165) is 17.4 Å². The molecule has 0 aliphatic carbocycles. The Hall–Kier alpha value is -1.81. The Morgan fingerprint density at radius 2 is 1.96 bits per heavy atom. The molecule has 0 aliphatic heterocycles. The summed E-state index contributed by atoms with van der Waals surface area (Å²) in [6.45, 7) is 1.74. The standard InChI is InChI=1S/C14H15F3N4OS2/c1-8(11(22)21(2)3)23-13-20-19-12(24-13)18-10-7-5-4-6-9(10)14(15,16)17/h4-8H,1-3H3,(H,18,19)/t8-/m0/s1. The third-order valence-corrected chi connectivity index (χ3v) is 4.96. The summed E-state index contributed by atoms with van der Waals surface area (Å²) in [7, 11) is 3.31. The summed E-state index contributed by atoms with van der Waals surface area (Å²) in [4.78, 5) is 13.3. The summed E-state index contributed by atoms with van der Waals surface area (Å²) in [5, 5.41) is 10.3. The Morgan fingerprint density at radius 3 is 2.58 bits per heavy atom. The fourth-order valence-electron chi connectivity index (χ4n) is 1.83. The number of aromatic nitrogens is 2. The van der Waals surface area contributed by atoms with Crippen molar-refractivity contribution in [3.63, 3.8) is 0 Å². The zero-order valence-corrected chi connectivity index (χ0v) is 14.7. The first-order valence-electron chi connectivity index (χ1n) is 6.83. The number of para-hydroxylation sites is 1. The van der Waals surface area contributed by atoms with Crippen LogP contribution in [0.4, 0.5) is 24.0 Å². The van der Waals surface area contributed by atoms with Crippen molar-refractivity contribution >= 4 is 39.8 Å². The molecular weight excluding hydrogens is 361 g/mol. The highest BCUT2D eigenvalue weighted by atomic mass is 32.2. The summed E-state index contributed by atoms with van der Waals surface area (Å²) in [5.41, 5.74) is -0.860. The predicted octanol–water partition coefficient (Wildman–Crippen LogP) is 3.87. The number of hydrogen-bond donors (Lipinski definition) is 1. The summed E-state index contributed by atoms with van der Waals surface area (Å²) in [6, 6.07) is 5.15. The first-order valence-corrected chi connectivity index (χ1v) is 8.52. The second-order valence-electron chi connectivity index (χ2n) is 5.03. The second-order valence-corrected chi connectivity index (χ2v) is 7.60. The zero-order chi connectivity index (χ0) is 17.9. The lowest BCUT2D eigenvalue weighted by Gasteiger charge is -2.14. The highest BCUT2D eigenvalue weighted by Gasteiger charge is 2.33. The van der Waals surface area contributed by atoms with Crippen molar-refractivity contribution in [2.24, 2.45) is 0 Å². The number of thioether (sulfide) groups is 1. The summed E-state index contributed by atoms with van der Waals surface area (Å²) in [5.74, 6) is -0.0767. The van der Waals surface area contributed by atoms with Crippen molar-refractivity contribution in [1.82, 2.24) is 15.1 Å². The number of rotatable bonds is 5. The average Bonchev–Trinajstić information content (AvgIpc) is 2.92. The lowest BCUT2D eigenvalue weighted by atomic mass is 10.2. The predicted molar refractivity (Wildman–Crippen MR) is 88.6 cm³/mol. The van der Waals surface area contributed by atoms with Crippen LogP contribution in [0.15, 0.2) is 28.6 Å². The van der Waals surface area contributed by atoms with Gasteiger partial charge in [-0.05, 0) is 19.1 Å². The van der Waals surface area contributed by atoms with Crippen LogP contribution in [0.2, 0.25) is 0 Å². The van der Waals surface area contributed by atoms with Gasteiger partial charge in [0.25, 0.3) is 0 Å². The van der Waals surface area contributed by atoms with Gasteiger partial charge < -0.3 is 10.2 Å².